The Hall–Kier alpha value is -3.35. The minimum absolute atomic E-state index is 0.782. The molecule has 5 aromatic rings. The van der Waals surface area contributed by atoms with Crippen molar-refractivity contribution in [3.8, 4) is 5.75 Å². The Balaban J connectivity index is 1.78. The predicted octanol–water partition coefficient (Wildman–Crippen LogP) is 5.94. The number of furan rings is 1. The van der Waals surface area contributed by atoms with Crippen LogP contribution in [0.1, 0.15) is 5.56 Å². The van der Waals surface area contributed by atoms with Gasteiger partial charge in [0.15, 0.2) is 11.3 Å². The van der Waals surface area contributed by atoms with Crippen molar-refractivity contribution in [2.75, 3.05) is 7.11 Å². The minimum atomic E-state index is -1.95. The molecule has 0 fully saturated rings. The van der Waals surface area contributed by atoms with Gasteiger partial charge in [0.05, 0.1) is 19.5 Å². The van der Waals surface area contributed by atoms with Crippen molar-refractivity contribution in [3.63, 3.8) is 0 Å². The minimum Gasteiger partial charge on any atom is -0.493 e. The molecule has 3 heteroatoms. The Labute approximate surface area is 183 Å². The van der Waals surface area contributed by atoms with Gasteiger partial charge in [0.1, 0.15) is 23.2 Å². The quantitative estimate of drug-likeness (QED) is 0.316. The third kappa shape index (κ3) is 3.54. The van der Waals surface area contributed by atoms with Crippen LogP contribution >= 0.6 is 7.26 Å². The standard InChI is InChI=1S/C28H24O2P/c1-29-27-20-22(19-23-17-18-30-28(23)27)21-31(24-11-5-2-6-12-24,25-13-7-3-8-14-25)26-15-9-4-10-16-26/h2-20H,21H2,1H3/q+1. The summed E-state index contributed by atoms with van der Waals surface area (Å²) in [5.41, 5.74) is 2.05. The number of rotatable bonds is 6. The predicted molar refractivity (Wildman–Crippen MR) is 132 cm³/mol. The van der Waals surface area contributed by atoms with Crippen LogP contribution < -0.4 is 20.7 Å². The van der Waals surface area contributed by atoms with E-state index in [9.17, 15) is 0 Å². The zero-order valence-corrected chi connectivity index (χ0v) is 18.3. The molecule has 0 radical (unpaired) electrons. The summed E-state index contributed by atoms with van der Waals surface area (Å²) in [7, 11) is -0.248. The van der Waals surface area contributed by atoms with E-state index in [4.69, 9.17) is 9.15 Å². The summed E-state index contributed by atoms with van der Waals surface area (Å²) in [4.78, 5) is 0. The molecule has 0 aliphatic carbocycles. The fourth-order valence-corrected chi connectivity index (χ4v) is 8.61. The fourth-order valence-electron chi connectivity index (χ4n) is 4.39. The van der Waals surface area contributed by atoms with Crippen LogP contribution in [-0.2, 0) is 6.16 Å². The van der Waals surface area contributed by atoms with Crippen LogP contribution in [0.25, 0.3) is 11.0 Å². The van der Waals surface area contributed by atoms with Gasteiger partial charge in [-0.05, 0) is 60.2 Å². The molecule has 0 saturated carbocycles. The third-order valence-electron chi connectivity index (χ3n) is 5.81. The van der Waals surface area contributed by atoms with Crippen LogP contribution in [0.4, 0.5) is 0 Å². The van der Waals surface area contributed by atoms with Gasteiger partial charge in [0, 0.05) is 5.39 Å². The fraction of sp³-hybridized carbons (Fsp3) is 0.0714. The molecule has 5 rings (SSSR count). The van der Waals surface area contributed by atoms with E-state index in [1.807, 2.05) is 6.07 Å². The van der Waals surface area contributed by atoms with Crippen molar-refractivity contribution in [3.05, 3.63) is 121 Å². The molecule has 0 amide bonds. The zero-order valence-electron chi connectivity index (χ0n) is 17.4. The summed E-state index contributed by atoms with van der Waals surface area (Å²) in [6.07, 6.45) is 2.63. The van der Waals surface area contributed by atoms with Crippen molar-refractivity contribution >= 4 is 34.1 Å². The van der Waals surface area contributed by atoms with Crippen LogP contribution in [0.15, 0.2) is 120 Å². The lowest BCUT2D eigenvalue weighted by Crippen LogP contribution is -2.32. The van der Waals surface area contributed by atoms with Gasteiger partial charge in [-0.3, -0.25) is 0 Å². The summed E-state index contributed by atoms with van der Waals surface area (Å²) in [5.74, 6) is 0.782. The van der Waals surface area contributed by atoms with Crippen molar-refractivity contribution in [1.29, 1.82) is 0 Å². The molecule has 2 nitrogen and oxygen atoms in total. The Morgan fingerprint density at radius 3 is 1.68 bits per heavy atom. The van der Waals surface area contributed by atoms with Crippen LogP contribution in [0.2, 0.25) is 0 Å². The van der Waals surface area contributed by atoms with E-state index in [0.717, 1.165) is 22.9 Å². The zero-order chi connectivity index (χ0) is 21.1. The van der Waals surface area contributed by atoms with Gasteiger partial charge in [-0.15, -0.1) is 0 Å². The third-order valence-corrected chi connectivity index (χ3v) is 10.2. The molecule has 31 heavy (non-hydrogen) atoms. The molecular formula is C28H24O2P+. The first kappa shape index (κ1) is 19.6. The van der Waals surface area contributed by atoms with E-state index in [1.165, 1.54) is 21.5 Å². The van der Waals surface area contributed by atoms with Crippen LogP contribution in [0, 0.1) is 0 Å². The maximum absolute atomic E-state index is 5.68. The number of benzene rings is 4. The highest BCUT2D eigenvalue weighted by molar-refractivity contribution is 7.95. The highest BCUT2D eigenvalue weighted by Crippen LogP contribution is 2.58. The van der Waals surface area contributed by atoms with Gasteiger partial charge in [0.2, 0.25) is 0 Å². The first-order valence-electron chi connectivity index (χ1n) is 10.4. The van der Waals surface area contributed by atoms with E-state index in [0.29, 0.717) is 0 Å². The number of hydrogen-bond acceptors (Lipinski definition) is 2. The lowest BCUT2D eigenvalue weighted by molar-refractivity contribution is 0.410. The van der Waals surface area contributed by atoms with E-state index in [1.54, 1.807) is 13.4 Å². The molecule has 1 heterocycles. The number of methoxy groups -OCH3 is 1. The average Bonchev–Trinajstić information content (AvgIpc) is 3.32. The molecular weight excluding hydrogens is 399 g/mol. The van der Waals surface area contributed by atoms with Gasteiger partial charge in [0.25, 0.3) is 0 Å². The SMILES string of the molecule is COc1cc(C[P+](c2ccccc2)(c2ccccc2)c2ccccc2)cc2ccoc12. The monoisotopic (exact) mass is 423 g/mol. The topological polar surface area (TPSA) is 22.4 Å². The average molecular weight is 423 g/mol. The second-order valence-corrected chi connectivity index (χ2v) is 11.1. The van der Waals surface area contributed by atoms with Gasteiger partial charge >= 0.3 is 0 Å². The Morgan fingerprint density at radius 2 is 1.19 bits per heavy atom. The van der Waals surface area contributed by atoms with Crippen molar-refractivity contribution < 1.29 is 9.15 Å². The normalized spacial score (nSPS) is 11.5. The molecule has 4 aromatic carbocycles. The second-order valence-electron chi connectivity index (χ2n) is 7.61. The summed E-state index contributed by atoms with van der Waals surface area (Å²) in [6.45, 7) is 0. The van der Waals surface area contributed by atoms with Crippen molar-refractivity contribution in [1.82, 2.24) is 0 Å². The first-order chi connectivity index (χ1) is 15.3. The van der Waals surface area contributed by atoms with Crippen LogP contribution in [0.3, 0.4) is 0 Å². The molecule has 152 valence electrons. The molecule has 1 aromatic heterocycles. The Kier molecular flexibility index (Phi) is 5.32. The highest BCUT2D eigenvalue weighted by atomic mass is 31.2. The van der Waals surface area contributed by atoms with Crippen molar-refractivity contribution in [2.45, 2.75) is 6.16 Å². The molecule has 0 atom stereocenters. The van der Waals surface area contributed by atoms with Gasteiger partial charge in [-0.1, -0.05) is 54.6 Å². The summed E-state index contributed by atoms with van der Waals surface area (Å²) >= 11 is 0. The molecule has 0 aliphatic heterocycles. The maximum atomic E-state index is 5.68. The van der Waals surface area contributed by atoms with E-state index >= 15 is 0 Å². The van der Waals surface area contributed by atoms with E-state index in [2.05, 4.69) is 103 Å². The van der Waals surface area contributed by atoms with Crippen LogP contribution in [-0.4, -0.2) is 7.11 Å². The van der Waals surface area contributed by atoms with Gasteiger partial charge < -0.3 is 9.15 Å². The molecule has 0 aliphatic rings. The second kappa shape index (κ2) is 8.41. The largest absolute Gasteiger partial charge is 0.493 e. The first-order valence-corrected chi connectivity index (χ1v) is 12.4. The van der Waals surface area contributed by atoms with Crippen LogP contribution in [0.5, 0.6) is 5.75 Å². The van der Waals surface area contributed by atoms with Gasteiger partial charge in [-0.25, -0.2) is 0 Å². The molecule has 0 unspecified atom stereocenters. The summed E-state index contributed by atoms with van der Waals surface area (Å²) < 4.78 is 11.3. The van der Waals surface area contributed by atoms with E-state index in [-0.39, 0.29) is 0 Å². The lowest BCUT2D eigenvalue weighted by atomic mass is 10.2. The molecule has 0 N–H and O–H groups in total. The summed E-state index contributed by atoms with van der Waals surface area (Å²) in [5, 5.41) is 5.19. The molecule has 0 bridgehead atoms. The number of ether oxygens (including phenoxy) is 1. The highest BCUT2D eigenvalue weighted by Gasteiger charge is 2.45. The molecule has 0 saturated heterocycles. The Morgan fingerprint density at radius 1 is 0.677 bits per heavy atom. The number of hydrogen-bond donors (Lipinski definition) is 0. The molecule has 0 spiro atoms. The summed E-state index contributed by atoms with van der Waals surface area (Å²) in [6, 6.07) is 39.2. The van der Waals surface area contributed by atoms with Crippen molar-refractivity contribution in [2.24, 2.45) is 0 Å². The van der Waals surface area contributed by atoms with Gasteiger partial charge in [-0.2, -0.15) is 0 Å². The number of fused-ring (bicyclic) bond motifs is 1. The Bertz CT molecular complexity index is 1180. The smallest absolute Gasteiger partial charge is 0.175 e. The lowest BCUT2D eigenvalue weighted by Gasteiger charge is -2.28. The van der Waals surface area contributed by atoms with E-state index < -0.39 is 7.26 Å². The maximum Gasteiger partial charge on any atom is 0.175 e.